The minimum atomic E-state index is -0.789. The maximum atomic E-state index is 11.3. The molecule has 1 aromatic carbocycles. The molecule has 0 saturated heterocycles. The topological polar surface area (TPSA) is 55.8 Å². The minimum Gasteiger partial charge on any atom is -0.493 e. The van der Waals surface area contributed by atoms with Crippen LogP contribution in [0.25, 0.3) is 0 Å². The lowest BCUT2D eigenvalue weighted by molar-refractivity contribution is -0.138. The predicted octanol–water partition coefficient (Wildman–Crippen LogP) is 3.85. The Bertz CT molecular complexity index is 585. The van der Waals surface area contributed by atoms with Gasteiger partial charge in [-0.15, -0.1) is 0 Å². The summed E-state index contributed by atoms with van der Waals surface area (Å²) in [5, 5.41) is 9.29. The molecule has 2 aliphatic heterocycles. The number of carboxylic acid groups (broad SMARTS) is 1. The Morgan fingerprint density at radius 2 is 1.73 bits per heavy atom. The number of aliphatic carboxylic acids is 1. The van der Waals surface area contributed by atoms with E-state index in [0.29, 0.717) is 13.2 Å². The van der Waals surface area contributed by atoms with Gasteiger partial charge in [0.25, 0.3) is 0 Å². The van der Waals surface area contributed by atoms with E-state index >= 15 is 0 Å². The van der Waals surface area contributed by atoms with E-state index in [4.69, 9.17) is 9.47 Å². The fraction of sp³-hybridized carbons (Fsp3) is 0.588. The van der Waals surface area contributed by atoms with Crippen molar-refractivity contribution in [1.82, 2.24) is 0 Å². The third kappa shape index (κ3) is 2.60. The van der Waals surface area contributed by atoms with Gasteiger partial charge < -0.3 is 14.6 Å². The zero-order chi connectivity index (χ0) is 15.9. The maximum Gasteiger partial charge on any atom is 0.304 e. The highest BCUT2D eigenvalue weighted by molar-refractivity contribution is 9.10. The lowest BCUT2D eigenvalue weighted by Gasteiger charge is -2.35. The third-order valence-electron chi connectivity index (χ3n) is 4.45. The summed E-state index contributed by atoms with van der Waals surface area (Å²) in [6.45, 7) is 5.37. The minimum absolute atomic E-state index is 0.0802. The number of fused-ring (bicyclic) bond motifs is 2. The fourth-order valence-corrected chi connectivity index (χ4v) is 4.30. The Hall–Kier alpha value is -1.23. The highest BCUT2D eigenvalue weighted by Gasteiger charge is 2.36. The number of ether oxygens (including phenoxy) is 2. The van der Waals surface area contributed by atoms with E-state index in [0.717, 1.165) is 58.3 Å². The summed E-state index contributed by atoms with van der Waals surface area (Å²) in [4.78, 5) is 11.3. The number of carbonyl (C=O) groups is 1. The van der Waals surface area contributed by atoms with Crippen molar-refractivity contribution in [2.45, 2.75) is 51.4 Å². The monoisotopic (exact) mass is 368 g/mol. The van der Waals surface area contributed by atoms with Crippen LogP contribution in [0.15, 0.2) is 4.47 Å². The van der Waals surface area contributed by atoms with Crippen LogP contribution in [-0.4, -0.2) is 24.3 Å². The second-order valence-corrected chi connectivity index (χ2v) is 7.46. The average Bonchev–Trinajstić information content (AvgIpc) is 2.46. The van der Waals surface area contributed by atoms with E-state index in [9.17, 15) is 9.90 Å². The van der Waals surface area contributed by atoms with Gasteiger partial charge in [-0.05, 0) is 41.6 Å². The molecule has 0 atom stereocenters. The van der Waals surface area contributed by atoms with Gasteiger partial charge in [-0.2, -0.15) is 0 Å². The van der Waals surface area contributed by atoms with E-state index in [2.05, 4.69) is 15.9 Å². The molecule has 1 aromatic rings. The van der Waals surface area contributed by atoms with Crippen molar-refractivity contribution in [1.29, 1.82) is 0 Å². The highest BCUT2D eigenvalue weighted by Crippen LogP contribution is 2.50. The molecule has 2 aliphatic rings. The molecule has 0 fully saturated rings. The van der Waals surface area contributed by atoms with E-state index in [-0.39, 0.29) is 6.42 Å². The Morgan fingerprint density at radius 1 is 1.14 bits per heavy atom. The van der Waals surface area contributed by atoms with E-state index in [1.165, 1.54) is 0 Å². The van der Waals surface area contributed by atoms with Crippen LogP contribution in [0.3, 0.4) is 0 Å². The summed E-state index contributed by atoms with van der Waals surface area (Å²) < 4.78 is 12.9. The third-order valence-corrected chi connectivity index (χ3v) is 5.29. The van der Waals surface area contributed by atoms with Crippen molar-refractivity contribution < 1.29 is 19.4 Å². The first-order chi connectivity index (χ1) is 10.4. The number of benzene rings is 1. The number of rotatable bonds is 3. The first-order valence-electron chi connectivity index (χ1n) is 7.77. The normalized spacial score (nSPS) is 17.0. The smallest absolute Gasteiger partial charge is 0.304 e. The van der Waals surface area contributed by atoms with Gasteiger partial charge in [0.2, 0.25) is 0 Å². The summed E-state index contributed by atoms with van der Waals surface area (Å²) in [7, 11) is 0. The lowest BCUT2D eigenvalue weighted by Crippen LogP contribution is -2.28. The Kier molecular flexibility index (Phi) is 4.10. The highest BCUT2D eigenvalue weighted by atomic mass is 79.9. The molecule has 1 N–H and O–H groups in total. The molecule has 120 valence electrons. The molecular formula is C17H21BrO4. The SMILES string of the molecule is CC(C)(CC(=O)O)c1c2c(c(Br)c3c1OCCC3)OCCC2. The number of halogens is 1. The zero-order valence-electron chi connectivity index (χ0n) is 13.0. The van der Waals surface area contributed by atoms with Gasteiger partial charge in [-0.1, -0.05) is 13.8 Å². The largest absolute Gasteiger partial charge is 0.493 e. The molecule has 2 heterocycles. The molecule has 0 amide bonds. The lowest BCUT2D eigenvalue weighted by atomic mass is 9.75. The second kappa shape index (κ2) is 5.76. The van der Waals surface area contributed by atoms with Gasteiger partial charge in [0.1, 0.15) is 11.5 Å². The van der Waals surface area contributed by atoms with Gasteiger partial charge in [0, 0.05) is 22.1 Å². The van der Waals surface area contributed by atoms with Crippen LogP contribution in [0.1, 0.15) is 49.8 Å². The first kappa shape index (κ1) is 15.7. The van der Waals surface area contributed by atoms with E-state index < -0.39 is 11.4 Å². The molecule has 3 rings (SSSR count). The quantitative estimate of drug-likeness (QED) is 0.879. The number of hydrogen-bond acceptors (Lipinski definition) is 3. The van der Waals surface area contributed by atoms with Crippen molar-refractivity contribution in [2.75, 3.05) is 13.2 Å². The van der Waals surface area contributed by atoms with E-state index in [1.807, 2.05) is 13.8 Å². The summed E-state index contributed by atoms with van der Waals surface area (Å²) in [5.74, 6) is 0.987. The standard InChI is InChI=1S/C17H21BrO4/c1-17(2,9-12(19)20)13-10-5-3-8-22-16(10)14(18)11-6-4-7-21-15(11)13/h3-9H2,1-2H3,(H,19,20). The summed E-state index contributed by atoms with van der Waals surface area (Å²) in [5.41, 5.74) is 2.78. The van der Waals surface area contributed by atoms with Crippen LogP contribution in [0.4, 0.5) is 0 Å². The Labute approximate surface area is 138 Å². The number of carboxylic acids is 1. The van der Waals surface area contributed by atoms with E-state index in [1.54, 1.807) is 0 Å². The summed E-state index contributed by atoms with van der Waals surface area (Å²) in [6.07, 6.45) is 3.85. The molecule has 0 radical (unpaired) electrons. The molecule has 22 heavy (non-hydrogen) atoms. The van der Waals surface area contributed by atoms with Gasteiger partial charge in [-0.25, -0.2) is 0 Å². The van der Waals surface area contributed by atoms with Crippen molar-refractivity contribution >= 4 is 21.9 Å². The zero-order valence-corrected chi connectivity index (χ0v) is 14.6. The molecule has 0 aliphatic carbocycles. The molecule has 5 heteroatoms. The van der Waals surface area contributed by atoms with Crippen LogP contribution in [0, 0.1) is 0 Å². The number of hydrogen-bond donors (Lipinski definition) is 1. The molecule has 0 spiro atoms. The summed E-state index contributed by atoms with van der Waals surface area (Å²) >= 11 is 3.68. The van der Waals surface area contributed by atoms with Crippen LogP contribution in [0.2, 0.25) is 0 Å². The first-order valence-corrected chi connectivity index (χ1v) is 8.56. The summed E-state index contributed by atoms with van der Waals surface area (Å²) in [6, 6.07) is 0. The second-order valence-electron chi connectivity index (χ2n) is 6.66. The maximum absolute atomic E-state index is 11.3. The van der Waals surface area contributed by atoms with Gasteiger partial charge in [-0.3, -0.25) is 4.79 Å². The van der Waals surface area contributed by atoms with Crippen molar-refractivity contribution in [3.8, 4) is 11.5 Å². The molecular weight excluding hydrogens is 348 g/mol. The molecule has 0 unspecified atom stereocenters. The molecule has 0 aromatic heterocycles. The Balaban J connectivity index is 2.25. The predicted molar refractivity (Wildman–Crippen MR) is 87.1 cm³/mol. The van der Waals surface area contributed by atoms with Gasteiger partial charge in [0.15, 0.2) is 0 Å². The molecule has 0 saturated carbocycles. The van der Waals surface area contributed by atoms with Crippen LogP contribution >= 0.6 is 15.9 Å². The molecule has 0 bridgehead atoms. The van der Waals surface area contributed by atoms with Crippen molar-refractivity contribution in [3.63, 3.8) is 0 Å². The fourth-order valence-electron chi connectivity index (χ4n) is 3.57. The van der Waals surface area contributed by atoms with Crippen molar-refractivity contribution in [3.05, 3.63) is 21.2 Å². The van der Waals surface area contributed by atoms with Crippen LogP contribution in [0.5, 0.6) is 11.5 Å². The van der Waals surface area contributed by atoms with Crippen molar-refractivity contribution in [2.24, 2.45) is 0 Å². The van der Waals surface area contributed by atoms with Crippen LogP contribution in [-0.2, 0) is 23.1 Å². The Morgan fingerprint density at radius 3 is 2.36 bits per heavy atom. The van der Waals surface area contributed by atoms with Gasteiger partial charge in [0.05, 0.1) is 24.1 Å². The van der Waals surface area contributed by atoms with Gasteiger partial charge >= 0.3 is 5.97 Å². The molecule has 4 nitrogen and oxygen atoms in total. The van der Waals surface area contributed by atoms with Crippen LogP contribution < -0.4 is 9.47 Å². The average molecular weight is 369 g/mol.